The van der Waals surface area contributed by atoms with Crippen molar-refractivity contribution in [1.29, 1.82) is 0 Å². The number of benzene rings is 8. The van der Waals surface area contributed by atoms with Crippen LogP contribution >= 0.6 is 0 Å². The van der Waals surface area contributed by atoms with Crippen LogP contribution in [0.4, 0.5) is 17.1 Å². The Morgan fingerprint density at radius 3 is 1.64 bits per heavy atom. The molecule has 0 saturated carbocycles. The van der Waals surface area contributed by atoms with Crippen LogP contribution in [0.5, 0.6) is 0 Å². The fourth-order valence-electron chi connectivity index (χ4n) is 7.46. The van der Waals surface area contributed by atoms with E-state index in [1.807, 2.05) is 18.2 Å². The van der Waals surface area contributed by atoms with Crippen molar-refractivity contribution >= 4 is 49.6 Å². The van der Waals surface area contributed by atoms with Gasteiger partial charge in [-0.15, -0.1) is 0 Å². The number of hydrogen-bond acceptors (Lipinski definition) is 4. The Morgan fingerprint density at radius 2 is 0.943 bits per heavy atom. The molecule has 5 nitrogen and oxygen atoms in total. The average Bonchev–Trinajstić information content (AvgIpc) is 3.86. The lowest BCUT2D eigenvalue weighted by molar-refractivity contribution is 0.432. The van der Waals surface area contributed by atoms with Gasteiger partial charge in [-0.05, 0) is 94.7 Å². The van der Waals surface area contributed by atoms with Crippen molar-refractivity contribution in [2.24, 2.45) is 0 Å². The van der Waals surface area contributed by atoms with Gasteiger partial charge in [0.15, 0.2) is 0 Å². The third kappa shape index (κ3) is 5.43. The highest BCUT2D eigenvalue weighted by Crippen LogP contribution is 2.38. The summed E-state index contributed by atoms with van der Waals surface area (Å²) in [7, 11) is 0. The number of anilines is 3. The molecule has 5 heteroatoms. The molecule has 0 spiro atoms. The molecule has 0 aliphatic rings. The van der Waals surface area contributed by atoms with Crippen LogP contribution in [0.2, 0.25) is 0 Å². The molecule has 0 aliphatic heterocycles. The summed E-state index contributed by atoms with van der Waals surface area (Å²) in [6, 6.07) is 67.9. The Bertz CT molecular complexity index is 2810. The zero-order valence-corrected chi connectivity index (χ0v) is 28.7. The summed E-state index contributed by atoms with van der Waals surface area (Å²) in [4.78, 5) is 7.04. The lowest BCUT2D eigenvalue weighted by Crippen LogP contribution is -2.10. The first-order valence-corrected chi connectivity index (χ1v) is 17.8. The van der Waals surface area contributed by atoms with Gasteiger partial charge in [0.05, 0.1) is 11.0 Å². The maximum Gasteiger partial charge on any atom is 0.258 e. The fraction of sp³-hybridized carbons (Fsp3) is 0. The highest BCUT2D eigenvalue weighted by Gasteiger charge is 2.17. The van der Waals surface area contributed by atoms with Crippen LogP contribution < -0.4 is 4.90 Å². The minimum atomic E-state index is 0.478. The van der Waals surface area contributed by atoms with Gasteiger partial charge < -0.3 is 14.0 Å². The SMILES string of the molecule is c1ccc(N(c2ccc(-c3nc(-c4ccc(-c5cccc6ccccc56)cc4)no3)cc2)c2ccc(-n3c4ccccc4c4ccccc43)cc2)cc1. The molecule has 8 aromatic carbocycles. The molecule has 0 saturated heterocycles. The first kappa shape index (κ1) is 30.6. The van der Waals surface area contributed by atoms with Crippen molar-refractivity contribution in [3.05, 3.63) is 194 Å². The molecule has 0 amide bonds. The maximum atomic E-state index is 5.78. The smallest absolute Gasteiger partial charge is 0.258 e. The van der Waals surface area contributed by atoms with E-state index in [-0.39, 0.29) is 0 Å². The van der Waals surface area contributed by atoms with Crippen molar-refractivity contribution in [3.63, 3.8) is 0 Å². The first-order valence-electron chi connectivity index (χ1n) is 17.8. The summed E-state index contributed by atoms with van der Waals surface area (Å²) >= 11 is 0. The Labute approximate surface area is 306 Å². The zero-order valence-electron chi connectivity index (χ0n) is 28.7. The molecule has 0 fully saturated rings. The van der Waals surface area contributed by atoms with Crippen LogP contribution in [0.3, 0.4) is 0 Å². The van der Waals surface area contributed by atoms with Crippen molar-refractivity contribution in [3.8, 4) is 39.7 Å². The van der Waals surface area contributed by atoms with Gasteiger partial charge in [-0.25, -0.2) is 0 Å². The van der Waals surface area contributed by atoms with Gasteiger partial charge in [0.2, 0.25) is 5.82 Å². The van der Waals surface area contributed by atoms with E-state index in [0.717, 1.165) is 39.4 Å². The van der Waals surface area contributed by atoms with Crippen molar-refractivity contribution in [2.45, 2.75) is 0 Å². The standard InChI is InChI=1S/C48H32N4O/c1-2-13-37(14-3-1)51(39-29-31-40(32-30-39)52-45-19-8-6-16-43(45)44-17-7-9-20-46(44)52)38-27-25-36(26-28-38)48-49-47(50-53-48)35-23-21-34(22-24-35)42-18-10-12-33-11-4-5-15-41(33)42/h1-32H. The molecular weight excluding hydrogens is 649 g/mol. The monoisotopic (exact) mass is 680 g/mol. The van der Waals surface area contributed by atoms with Crippen LogP contribution in [0.15, 0.2) is 199 Å². The molecular formula is C48H32N4O. The Balaban J connectivity index is 0.943. The molecule has 0 radical (unpaired) electrons. The lowest BCUT2D eigenvalue weighted by Gasteiger charge is -2.26. The van der Waals surface area contributed by atoms with E-state index >= 15 is 0 Å². The third-order valence-corrected chi connectivity index (χ3v) is 10.0. The molecule has 0 unspecified atom stereocenters. The molecule has 10 aromatic rings. The number of hydrogen-bond donors (Lipinski definition) is 0. The highest BCUT2D eigenvalue weighted by molar-refractivity contribution is 6.09. The minimum Gasteiger partial charge on any atom is -0.334 e. The van der Waals surface area contributed by atoms with Crippen molar-refractivity contribution in [2.75, 3.05) is 4.90 Å². The summed E-state index contributed by atoms with van der Waals surface area (Å²) in [6.45, 7) is 0. The van der Waals surface area contributed by atoms with Gasteiger partial charge >= 0.3 is 0 Å². The van der Waals surface area contributed by atoms with Crippen molar-refractivity contribution in [1.82, 2.24) is 14.7 Å². The Kier molecular flexibility index (Phi) is 7.40. The molecule has 53 heavy (non-hydrogen) atoms. The number of fused-ring (bicyclic) bond motifs is 4. The molecule has 0 atom stereocenters. The van der Waals surface area contributed by atoms with Gasteiger partial charge in [0, 0.05) is 44.6 Å². The summed E-state index contributed by atoms with van der Waals surface area (Å²) in [5, 5.41) is 9.30. The largest absolute Gasteiger partial charge is 0.334 e. The predicted octanol–water partition coefficient (Wildman–Crippen LogP) is 12.8. The average molecular weight is 681 g/mol. The fourth-order valence-corrected chi connectivity index (χ4v) is 7.46. The number of nitrogens with zero attached hydrogens (tertiary/aromatic N) is 4. The maximum absolute atomic E-state index is 5.78. The summed E-state index contributed by atoms with van der Waals surface area (Å²) < 4.78 is 8.12. The molecule has 0 N–H and O–H groups in total. The highest BCUT2D eigenvalue weighted by atomic mass is 16.5. The second-order valence-corrected chi connectivity index (χ2v) is 13.1. The summed E-state index contributed by atoms with van der Waals surface area (Å²) in [5.74, 6) is 1.04. The van der Waals surface area contributed by atoms with Gasteiger partial charge in [-0.3, -0.25) is 0 Å². The zero-order chi connectivity index (χ0) is 35.1. The number of para-hydroxylation sites is 3. The van der Waals surface area contributed by atoms with Crippen LogP contribution in [-0.4, -0.2) is 14.7 Å². The summed E-state index contributed by atoms with van der Waals surface area (Å²) in [6.07, 6.45) is 0. The normalized spacial score (nSPS) is 11.4. The first-order chi connectivity index (χ1) is 26.3. The van der Waals surface area contributed by atoms with Gasteiger partial charge in [-0.2, -0.15) is 4.98 Å². The van der Waals surface area contributed by atoms with Crippen LogP contribution in [0, 0.1) is 0 Å². The molecule has 250 valence electrons. The van der Waals surface area contributed by atoms with Crippen LogP contribution in [0.25, 0.3) is 72.2 Å². The van der Waals surface area contributed by atoms with E-state index < -0.39 is 0 Å². The minimum absolute atomic E-state index is 0.478. The van der Waals surface area contributed by atoms with Gasteiger partial charge in [0.1, 0.15) is 0 Å². The van der Waals surface area contributed by atoms with E-state index in [1.165, 1.54) is 38.1 Å². The topological polar surface area (TPSA) is 47.1 Å². The second-order valence-electron chi connectivity index (χ2n) is 13.1. The number of aromatic nitrogens is 3. The van der Waals surface area contributed by atoms with E-state index in [1.54, 1.807) is 0 Å². The van der Waals surface area contributed by atoms with Crippen LogP contribution in [0.1, 0.15) is 0 Å². The lowest BCUT2D eigenvalue weighted by atomic mass is 9.97. The quantitative estimate of drug-likeness (QED) is 0.168. The van der Waals surface area contributed by atoms with E-state index in [4.69, 9.17) is 9.51 Å². The van der Waals surface area contributed by atoms with E-state index in [0.29, 0.717) is 11.7 Å². The van der Waals surface area contributed by atoms with E-state index in [9.17, 15) is 0 Å². The van der Waals surface area contributed by atoms with Gasteiger partial charge in [0.25, 0.3) is 5.89 Å². The Hall–Kier alpha value is -7.24. The summed E-state index contributed by atoms with van der Waals surface area (Å²) in [5.41, 5.74) is 10.8. The molecule has 10 rings (SSSR count). The molecule has 2 heterocycles. The molecule has 0 bridgehead atoms. The third-order valence-electron chi connectivity index (χ3n) is 10.0. The number of rotatable bonds is 7. The van der Waals surface area contributed by atoms with E-state index in [2.05, 4.69) is 191 Å². The van der Waals surface area contributed by atoms with Gasteiger partial charge in [-0.1, -0.05) is 126 Å². The Morgan fingerprint density at radius 1 is 0.415 bits per heavy atom. The molecule has 0 aliphatic carbocycles. The van der Waals surface area contributed by atoms with Crippen LogP contribution in [-0.2, 0) is 0 Å². The molecule has 2 aromatic heterocycles. The predicted molar refractivity (Wildman–Crippen MR) is 217 cm³/mol. The second kappa shape index (κ2) is 12.8. The van der Waals surface area contributed by atoms with Crippen molar-refractivity contribution < 1.29 is 4.52 Å².